The summed E-state index contributed by atoms with van der Waals surface area (Å²) in [5.74, 6) is 0.913. The van der Waals surface area contributed by atoms with Crippen LogP contribution in [0.4, 0.5) is 0 Å². The quantitative estimate of drug-likeness (QED) is 0.860. The topological polar surface area (TPSA) is 15.3 Å². The molecule has 0 atom stereocenters. The zero-order chi connectivity index (χ0) is 15.2. The molecule has 3 rings (SSSR count). The van der Waals surface area contributed by atoms with E-state index in [0.717, 1.165) is 23.5 Å². The van der Waals surface area contributed by atoms with Crippen LogP contribution in [-0.4, -0.2) is 30.6 Å². The molecule has 1 saturated heterocycles. The molecule has 0 unspecified atom stereocenters. The van der Waals surface area contributed by atoms with Gasteiger partial charge in [0.15, 0.2) is 0 Å². The van der Waals surface area contributed by atoms with Gasteiger partial charge in [0.2, 0.25) is 0 Å². The third kappa shape index (κ3) is 4.71. The van der Waals surface area contributed by atoms with Crippen molar-refractivity contribution in [3.8, 4) is 0 Å². The SMILES string of the molecule is Clc1ccc(CN(CC2CCCCC2)C2CCNCC2)cc1. The summed E-state index contributed by atoms with van der Waals surface area (Å²) in [6, 6.07) is 9.18. The van der Waals surface area contributed by atoms with Gasteiger partial charge in [0, 0.05) is 24.2 Å². The van der Waals surface area contributed by atoms with Crippen molar-refractivity contribution in [3.05, 3.63) is 34.9 Å². The van der Waals surface area contributed by atoms with Crippen molar-refractivity contribution >= 4 is 11.6 Å². The molecule has 22 heavy (non-hydrogen) atoms. The predicted molar refractivity (Wildman–Crippen MR) is 94.3 cm³/mol. The van der Waals surface area contributed by atoms with Gasteiger partial charge in [-0.25, -0.2) is 0 Å². The zero-order valence-electron chi connectivity index (χ0n) is 13.6. The molecule has 1 aliphatic heterocycles. The normalized spacial score (nSPS) is 21.4. The van der Waals surface area contributed by atoms with E-state index < -0.39 is 0 Å². The summed E-state index contributed by atoms with van der Waals surface area (Å²) in [6.45, 7) is 4.71. The lowest BCUT2D eigenvalue weighted by molar-refractivity contribution is 0.118. The molecule has 1 aromatic rings. The van der Waals surface area contributed by atoms with Gasteiger partial charge in [0.05, 0.1) is 0 Å². The largest absolute Gasteiger partial charge is 0.317 e. The van der Waals surface area contributed by atoms with Crippen LogP contribution in [0, 0.1) is 5.92 Å². The standard InChI is InChI=1S/C19H29ClN2/c20-18-8-6-17(7-9-18)15-22(19-10-12-21-13-11-19)14-16-4-2-1-3-5-16/h6-9,16,19,21H,1-5,10-15H2. The molecule has 0 bridgehead atoms. The van der Waals surface area contributed by atoms with Gasteiger partial charge in [0.1, 0.15) is 0 Å². The molecule has 122 valence electrons. The first kappa shape index (κ1) is 16.3. The van der Waals surface area contributed by atoms with Crippen LogP contribution in [-0.2, 0) is 6.54 Å². The van der Waals surface area contributed by atoms with Crippen LogP contribution in [0.15, 0.2) is 24.3 Å². The summed E-state index contributed by atoms with van der Waals surface area (Å²) in [5, 5.41) is 4.34. The molecule has 3 heteroatoms. The Morgan fingerprint density at radius 2 is 1.64 bits per heavy atom. The molecule has 0 spiro atoms. The van der Waals surface area contributed by atoms with Crippen LogP contribution < -0.4 is 5.32 Å². The lowest BCUT2D eigenvalue weighted by Gasteiger charge is -2.38. The molecular formula is C19H29ClN2. The van der Waals surface area contributed by atoms with E-state index in [4.69, 9.17) is 11.6 Å². The molecule has 1 aromatic carbocycles. The molecular weight excluding hydrogens is 292 g/mol. The molecule has 1 N–H and O–H groups in total. The Bertz CT molecular complexity index is 433. The average Bonchev–Trinajstić information content (AvgIpc) is 2.58. The van der Waals surface area contributed by atoms with Gasteiger partial charge in [-0.1, -0.05) is 43.0 Å². The summed E-state index contributed by atoms with van der Waals surface area (Å²) < 4.78 is 0. The minimum absolute atomic E-state index is 0.749. The van der Waals surface area contributed by atoms with Gasteiger partial charge in [-0.2, -0.15) is 0 Å². The van der Waals surface area contributed by atoms with Crippen LogP contribution in [0.3, 0.4) is 0 Å². The maximum absolute atomic E-state index is 6.03. The summed E-state index contributed by atoms with van der Waals surface area (Å²) >= 11 is 6.03. The maximum Gasteiger partial charge on any atom is 0.0406 e. The van der Waals surface area contributed by atoms with Gasteiger partial charge in [-0.05, 0) is 62.4 Å². The minimum Gasteiger partial charge on any atom is -0.317 e. The van der Waals surface area contributed by atoms with Gasteiger partial charge in [-0.15, -0.1) is 0 Å². The van der Waals surface area contributed by atoms with Crippen molar-refractivity contribution in [1.29, 1.82) is 0 Å². The van der Waals surface area contributed by atoms with E-state index in [1.165, 1.54) is 70.1 Å². The highest BCUT2D eigenvalue weighted by atomic mass is 35.5. The Labute approximate surface area is 140 Å². The van der Waals surface area contributed by atoms with E-state index in [-0.39, 0.29) is 0 Å². The molecule has 2 fully saturated rings. The van der Waals surface area contributed by atoms with E-state index in [9.17, 15) is 0 Å². The summed E-state index contributed by atoms with van der Waals surface area (Å²) in [5.41, 5.74) is 1.40. The van der Waals surface area contributed by atoms with Crippen molar-refractivity contribution in [1.82, 2.24) is 10.2 Å². The molecule has 0 amide bonds. The van der Waals surface area contributed by atoms with E-state index >= 15 is 0 Å². The van der Waals surface area contributed by atoms with Crippen LogP contribution in [0.1, 0.15) is 50.5 Å². The van der Waals surface area contributed by atoms with E-state index in [0.29, 0.717) is 0 Å². The lowest BCUT2D eigenvalue weighted by Crippen LogP contribution is -2.44. The molecule has 1 heterocycles. The van der Waals surface area contributed by atoms with Crippen LogP contribution in [0.25, 0.3) is 0 Å². The number of benzene rings is 1. The number of nitrogens with one attached hydrogen (secondary N) is 1. The summed E-state index contributed by atoms with van der Waals surface area (Å²) in [6.07, 6.45) is 9.77. The van der Waals surface area contributed by atoms with Gasteiger partial charge in [0.25, 0.3) is 0 Å². The summed E-state index contributed by atoms with van der Waals surface area (Å²) in [7, 11) is 0. The van der Waals surface area contributed by atoms with E-state index in [2.05, 4.69) is 22.3 Å². The number of rotatable bonds is 5. The first-order valence-corrected chi connectivity index (χ1v) is 9.38. The fraction of sp³-hybridized carbons (Fsp3) is 0.684. The Hall–Kier alpha value is -0.570. The first-order chi connectivity index (χ1) is 10.8. The van der Waals surface area contributed by atoms with E-state index in [1.54, 1.807) is 0 Å². The predicted octanol–water partition coefficient (Wildman–Crippen LogP) is 4.47. The second-order valence-corrected chi connectivity index (χ2v) is 7.48. The van der Waals surface area contributed by atoms with Crippen molar-refractivity contribution in [2.24, 2.45) is 5.92 Å². The van der Waals surface area contributed by atoms with Gasteiger partial charge < -0.3 is 5.32 Å². The third-order valence-electron chi connectivity index (χ3n) is 5.34. The van der Waals surface area contributed by atoms with Gasteiger partial charge in [-0.3, -0.25) is 4.90 Å². The molecule has 2 aliphatic rings. The highest BCUT2D eigenvalue weighted by molar-refractivity contribution is 6.30. The number of hydrogen-bond donors (Lipinski definition) is 1. The smallest absolute Gasteiger partial charge is 0.0406 e. The Morgan fingerprint density at radius 1 is 0.955 bits per heavy atom. The minimum atomic E-state index is 0.749. The van der Waals surface area contributed by atoms with Crippen LogP contribution in [0.5, 0.6) is 0 Å². The fourth-order valence-corrected chi connectivity index (χ4v) is 4.17. The van der Waals surface area contributed by atoms with Crippen LogP contribution in [0.2, 0.25) is 5.02 Å². The monoisotopic (exact) mass is 320 g/mol. The summed E-state index contributed by atoms with van der Waals surface area (Å²) in [4.78, 5) is 2.76. The number of piperidine rings is 1. The molecule has 1 saturated carbocycles. The zero-order valence-corrected chi connectivity index (χ0v) is 14.3. The highest BCUT2D eigenvalue weighted by Gasteiger charge is 2.24. The van der Waals surface area contributed by atoms with Crippen LogP contribution >= 0.6 is 11.6 Å². The first-order valence-electron chi connectivity index (χ1n) is 9.00. The average molecular weight is 321 g/mol. The van der Waals surface area contributed by atoms with Gasteiger partial charge >= 0.3 is 0 Å². The third-order valence-corrected chi connectivity index (χ3v) is 5.59. The van der Waals surface area contributed by atoms with Crippen molar-refractivity contribution in [2.75, 3.05) is 19.6 Å². The van der Waals surface area contributed by atoms with E-state index in [1.807, 2.05) is 12.1 Å². The lowest BCUT2D eigenvalue weighted by atomic mass is 9.88. The molecule has 1 aliphatic carbocycles. The van der Waals surface area contributed by atoms with Crippen molar-refractivity contribution < 1.29 is 0 Å². The Balaban J connectivity index is 1.65. The Morgan fingerprint density at radius 3 is 2.32 bits per heavy atom. The molecule has 2 nitrogen and oxygen atoms in total. The maximum atomic E-state index is 6.03. The number of halogens is 1. The Kier molecular flexibility index (Phi) is 6.17. The fourth-order valence-electron chi connectivity index (χ4n) is 4.04. The second-order valence-electron chi connectivity index (χ2n) is 7.04. The van der Waals surface area contributed by atoms with Crippen molar-refractivity contribution in [2.45, 2.75) is 57.5 Å². The number of nitrogens with zero attached hydrogens (tertiary/aromatic N) is 1. The van der Waals surface area contributed by atoms with Crippen molar-refractivity contribution in [3.63, 3.8) is 0 Å². The molecule has 0 aromatic heterocycles. The second kappa shape index (κ2) is 8.33. The number of hydrogen-bond acceptors (Lipinski definition) is 2. The molecule has 0 radical (unpaired) electrons. The highest BCUT2D eigenvalue weighted by Crippen LogP contribution is 2.27.